The van der Waals surface area contributed by atoms with E-state index in [1.807, 2.05) is 16.3 Å². The number of fused-ring (bicyclic) bond motifs is 1. The maximum Gasteiger partial charge on any atom is 0.223 e. The van der Waals surface area contributed by atoms with E-state index in [1.165, 1.54) is 16.9 Å². The molecule has 0 bridgehead atoms. The number of nitrogen functional groups attached to an aromatic ring is 1. The van der Waals surface area contributed by atoms with Crippen LogP contribution in [-0.4, -0.2) is 17.4 Å². The standard InChI is InChI=1S/C14H14BrN3OS/c1-8(19)18-4-2-3-9-5-11(15)10(6-13(9)18)12-7-20-14(16)17-12/h5-7H,2-4H2,1H3,(H2,16,17). The summed E-state index contributed by atoms with van der Waals surface area (Å²) >= 11 is 5.02. The molecule has 2 aromatic rings. The van der Waals surface area contributed by atoms with Crippen LogP contribution in [0.1, 0.15) is 18.9 Å². The number of hydrogen-bond acceptors (Lipinski definition) is 4. The summed E-state index contributed by atoms with van der Waals surface area (Å²) < 4.78 is 0.993. The summed E-state index contributed by atoms with van der Waals surface area (Å²) in [5.74, 6) is 0.0806. The van der Waals surface area contributed by atoms with Crippen molar-refractivity contribution in [3.63, 3.8) is 0 Å². The predicted molar refractivity (Wildman–Crippen MR) is 86.0 cm³/mol. The average molecular weight is 352 g/mol. The van der Waals surface area contributed by atoms with Crippen molar-refractivity contribution in [3.05, 3.63) is 27.5 Å². The minimum Gasteiger partial charge on any atom is -0.375 e. The first kappa shape index (κ1) is 13.6. The smallest absolute Gasteiger partial charge is 0.223 e. The molecule has 1 aliphatic rings. The number of aryl methyl sites for hydroxylation is 1. The Hall–Kier alpha value is -1.40. The van der Waals surface area contributed by atoms with Gasteiger partial charge in [0.05, 0.1) is 5.69 Å². The van der Waals surface area contributed by atoms with E-state index in [4.69, 9.17) is 5.73 Å². The molecule has 0 aliphatic carbocycles. The number of nitrogens with two attached hydrogens (primary N) is 1. The van der Waals surface area contributed by atoms with Crippen LogP contribution in [0.2, 0.25) is 0 Å². The van der Waals surface area contributed by atoms with E-state index in [9.17, 15) is 4.79 Å². The van der Waals surface area contributed by atoms with Gasteiger partial charge in [0.2, 0.25) is 5.91 Å². The van der Waals surface area contributed by atoms with Gasteiger partial charge in [-0.05, 0) is 30.5 Å². The number of halogens is 1. The Balaban J connectivity index is 2.14. The Morgan fingerprint density at radius 2 is 2.30 bits per heavy atom. The molecule has 0 fully saturated rings. The minimum absolute atomic E-state index is 0.0806. The highest BCUT2D eigenvalue weighted by molar-refractivity contribution is 9.10. The lowest BCUT2D eigenvalue weighted by Gasteiger charge is -2.29. The molecule has 104 valence electrons. The fourth-order valence-corrected chi connectivity index (χ4v) is 3.69. The third kappa shape index (κ3) is 2.33. The lowest BCUT2D eigenvalue weighted by Crippen LogP contribution is -2.33. The maximum atomic E-state index is 11.8. The first-order valence-electron chi connectivity index (χ1n) is 6.38. The average Bonchev–Trinajstić information content (AvgIpc) is 2.83. The molecule has 0 spiro atoms. The first-order chi connectivity index (χ1) is 9.56. The summed E-state index contributed by atoms with van der Waals surface area (Å²) in [6.45, 7) is 2.39. The molecule has 2 heterocycles. The summed E-state index contributed by atoms with van der Waals surface area (Å²) in [4.78, 5) is 17.9. The molecule has 1 aliphatic heterocycles. The zero-order valence-electron chi connectivity index (χ0n) is 11.0. The summed E-state index contributed by atoms with van der Waals surface area (Å²) in [6, 6.07) is 4.13. The van der Waals surface area contributed by atoms with Crippen LogP contribution in [0.5, 0.6) is 0 Å². The molecule has 3 rings (SSSR count). The number of aromatic nitrogens is 1. The Bertz CT molecular complexity index is 683. The predicted octanol–water partition coefficient (Wildman–Crippen LogP) is 3.45. The van der Waals surface area contributed by atoms with E-state index >= 15 is 0 Å². The van der Waals surface area contributed by atoms with Crippen molar-refractivity contribution in [1.82, 2.24) is 4.98 Å². The lowest BCUT2D eigenvalue weighted by atomic mass is 9.98. The highest BCUT2D eigenvalue weighted by Crippen LogP contribution is 2.38. The van der Waals surface area contributed by atoms with Crippen LogP contribution in [0.15, 0.2) is 22.0 Å². The van der Waals surface area contributed by atoms with Gasteiger partial charge in [-0.1, -0.05) is 15.9 Å². The van der Waals surface area contributed by atoms with Crippen LogP contribution < -0.4 is 10.6 Å². The molecule has 1 aromatic carbocycles. The molecule has 0 radical (unpaired) electrons. The molecular weight excluding hydrogens is 338 g/mol. The van der Waals surface area contributed by atoms with Crippen molar-refractivity contribution >= 4 is 44.0 Å². The molecule has 0 saturated heterocycles. The van der Waals surface area contributed by atoms with E-state index in [2.05, 4.69) is 27.0 Å². The Labute approximate surface area is 129 Å². The molecule has 0 unspecified atom stereocenters. The quantitative estimate of drug-likeness (QED) is 0.855. The van der Waals surface area contributed by atoms with Crippen LogP contribution in [0.3, 0.4) is 0 Å². The van der Waals surface area contributed by atoms with Gasteiger partial charge in [0.1, 0.15) is 0 Å². The molecule has 1 amide bonds. The Morgan fingerprint density at radius 1 is 1.50 bits per heavy atom. The number of benzene rings is 1. The second-order valence-electron chi connectivity index (χ2n) is 4.81. The van der Waals surface area contributed by atoms with Crippen molar-refractivity contribution in [2.45, 2.75) is 19.8 Å². The molecular formula is C14H14BrN3OS. The number of hydrogen-bond donors (Lipinski definition) is 1. The van der Waals surface area contributed by atoms with Gasteiger partial charge in [-0.2, -0.15) is 0 Å². The number of nitrogens with zero attached hydrogens (tertiary/aromatic N) is 2. The zero-order valence-corrected chi connectivity index (χ0v) is 13.4. The number of thiazole rings is 1. The van der Waals surface area contributed by atoms with Crippen LogP contribution in [0.4, 0.5) is 10.8 Å². The summed E-state index contributed by atoms with van der Waals surface area (Å²) in [5.41, 5.74) is 9.72. The highest BCUT2D eigenvalue weighted by Gasteiger charge is 2.22. The fourth-order valence-electron chi connectivity index (χ4n) is 2.54. The van der Waals surface area contributed by atoms with Gasteiger partial charge in [0, 0.05) is 34.6 Å². The minimum atomic E-state index is 0.0806. The Kier molecular flexibility index (Phi) is 3.52. The molecule has 2 N–H and O–H groups in total. The summed E-state index contributed by atoms with van der Waals surface area (Å²) in [7, 11) is 0. The topological polar surface area (TPSA) is 59.2 Å². The fraction of sp³-hybridized carbons (Fsp3) is 0.286. The molecule has 20 heavy (non-hydrogen) atoms. The Morgan fingerprint density at radius 3 is 2.95 bits per heavy atom. The van der Waals surface area contributed by atoms with Gasteiger partial charge in [-0.3, -0.25) is 4.79 Å². The highest BCUT2D eigenvalue weighted by atomic mass is 79.9. The van der Waals surface area contributed by atoms with Crippen molar-refractivity contribution < 1.29 is 4.79 Å². The van der Waals surface area contributed by atoms with Gasteiger partial charge in [-0.25, -0.2) is 4.98 Å². The molecule has 1 aromatic heterocycles. The largest absolute Gasteiger partial charge is 0.375 e. The van der Waals surface area contributed by atoms with Crippen molar-refractivity contribution in [2.24, 2.45) is 0 Å². The van der Waals surface area contributed by atoms with Gasteiger partial charge in [0.15, 0.2) is 5.13 Å². The van der Waals surface area contributed by atoms with E-state index in [1.54, 1.807) is 6.92 Å². The normalized spacial score (nSPS) is 14.2. The third-order valence-corrected chi connectivity index (χ3v) is 4.79. The van der Waals surface area contributed by atoms with Crippen molar-refractivity contribution in [2.75, 3.05) is 17.2 Å². The number of carbonyl (C=O) groups excluding carboxylic acids is 1. The van der Waals surface area contributed by atoms with Gasteiger partial charge >= 0.3 is 0 Å². The van der Waals surface area contributed by atoms with Crippen LogP contribution in [0.25, 0.3) is 11.3 Å². The SMILES string of the molecule is CC(=O)N1CCCc2cc(Br)c(-c3csc(N)n3)cc21. The van der Waals surface area contributed by atoms with E-state index in [0.29, 0.717) is 5.13 Å². The molecule has 6 heteroatoms. The van der Waals surface area contributed by atoms with Gasteiger partial charge in [-0.15, -0.1) is 11.3 Å². The molecule has 4 nitrogen and oxygen atoms in total. The monoisotopic (exact) mass is 351 g/mol. The van der Waals surface area contributed by atoms with Crippen LogP contribution in [-0.2, 0) is 11.2 Å². The second kappa shape index (κ2) is 5.18. The van der Waals surface area contributed by atoms with E-state index < -0.39 is 0 Å². The maximum absolute atomic E-state index is 11.8. The van der Waals surface area contributed by atoms with Gasteiger partial charge < -0.3 is 10.6 Å². The van der Waals surface area contributed by atoms with Crippen molar-refractivity contribution in [3.8, 4) is 11.3 Å². The molecule has 0 atom stereocenters. The summed E-state index contributed by atoms with van der Waals surface area (Å²) in [5, 5.41) is 2.48. The third-order valence-electron chi connectivity index (χ3n) is 3.46. The van der Waals surface area contributed by atoms with Crippen LogP contribution >= 0.6 is 27.3 Å². The zero-order chi connectivity index (χ0) is 14.3. The van der Waals surface area contributed by atoms with Gasteiger partial charge in [0.25, 0.3) is 0 Å². The van der Waals surface area contributed by atoms with Crippen LogP contribution in [0, 0.1) is 0 Å². The molecule has 0 saturated carbocycles. The lowest BCUT2D eigenvalue weighted by molar-refractivity contribution is -0.116. The number of anilines is 2. The van der Waals surface area contributed by atoms with E-state index in [-0.39, 0.29) is 5.91 Å². The second-order valence-corrected chi connectivity index (χ2v) is 6.55. The number of rotatable bonds is 1. The summed E-state index contributed by atoms with van der Waals surface area (Å²) in [6.07, 6.45) is 2.00. The number of amides is 1. The van der Waals surface area contributed by atoms with E-state index in [0.717, 1.165) is 40.8 Å². The first-order valence-corrected chi connectivity index (χ1v) is 8.05. The number of carbonyl (C=O) groups is 1. The van der Waals surface area contributed by atoms with Crippen molar-refractivity contribution in [1.29, 1.82) is 0 Å².